The minimum absolute atomic E-state index is 0.0517. The molecule has 0 radical (unpaired) electrons. The van der Waals surface area contributed by atoms with Gasteiger partial charge in [0.2, 0.25) is 5.92 Å². The van der Waals surface area contributed by atoms with Crippen molar-refractivity contribution in [2.45, 2.75) is 58.4 Å². The van der Waals surface area contributed by atoms with Gasteiger partial charge in [-0.15, -0.1) is 0 Å². The van der Waals surface area contributed by atoms with Crippen molar-refractivity contribution in [1.29, 1.82) is 0 Å². The summed E-state index contributed by atoms with van der Waals surface area (Å²) in [6.07, 6.45) is 3.55. The number of nitrogens with one attached hydrogen (secondary N) is 1. The molecule has 0 aliphatic heterocycles. The lowest BCUT2D eigenvalue weighted by molar-refractivity contribution is -0.0478. The first-order valence-corrected chi connectivity index (χ1v) is 6.21. The van der Waals surface area contributed by atoms with Crippen LogP contribution in [0.2, 0.25) is 0 Å². The maximum Gasteiger partial charge on any atom is 0.248 e. The van der Waals surface area contributed by atoms with E-state index in [1.807, 2.05) is 0 Å². The molecule has 16 heavy (non-hydrogen) atoms. The first kappa shape index (κ1) is 13.6. The average molecular weight is 231 g/mol. The van der Waals surface area contributed by atoms with Gasteiger partial charge in [0.15, 0.2) is 0 Å². The Labute approximate surface area is 97.3 Å². The lowest BCUT2D eigenvalue weighted by Gasteiger charge is -2.33. The second kappa shape index (κ2) is 5.76. The Morgan fingerprint density at radius 1 is 1.38 bits per heavy atom. The van der Waals surface area contributed by atoms with E-state index in [0.717, 1.165) is 6.54 Å². The van der Waals surface area contributed by atoms with E-state index in [-0.39, 0.29) is 18.9 Å². The van der Waals surface area contributed by atoms with Crippen molar-refractivity contribution in [1.82, 2.24) is 5.32 Å². The molecule has 0 heterocycles. The summed E-state index contributed by atoms with van der Waals surface area (Å²) in [4.78, 5) is 0. The summed E-state index contributed by atoms with van der Waals surface area (Å²) in [6.45, 7) is 7.06. The zero-order valence-electron chi connectivity index (χ0n) is 10.5. The normalized spacial score (nSPS) is 22.8. The number of halogens is 2. The molecule has 1 fully saturated rings. The van der Waals surface area contributed by atoms with Crippen LogP contribution in [0.3, 0.4) is 0 Å². The number of hydrogen-bond donors (Lipinski definition) is 1. The van der Waals surface area contributed by atoms with Crippen molar-refractivity contribution in [3.63, 3.8) is 0 Å². The molecule has 0 amide bonds. The third-order valence-corrected chi connectivity index (χ3v) is 3.22. The molecule has 1 rings (SSSR count). The van der Waals surface area contributed by atoms with Gasteiger partial charge in [0.05, 0.1) is 0 Å². The lowest BCUT2D eigenvalue weighted by Crippen LogP contribution is -2.38. The third kappa shape index (κ3) is 4.20. The van der Waals surface area contributed by atoms with Gasteiger partial charge in [-0.1, -0.05) is 18.6 Å². The minimum atomic E-state index is -2.42. The minimum Gasteiger partial charge on any atom is -0.311 e. The molecule has 1 nitrogen and oxygen atoms in total. The first-order valence-electron chi connectivity index (χ1n) is 6.21. The largest absolute Gasteiger partial charge is 0.311 e. The molecular weight excluding hydrogens is 208 g/mol. The summed E-state index contributed by atoms with van der Waals surface area (Å²) in [5.41, 5.74) is 1.25. The molecule has 0 bridgehead atoms. The van der Waals surface area contributed by atoms with Crippen LogP contribution in [-0.4, -0.2) is 18.5 Å². The quantitative estimate of drug-likeness (QED) is 0.726. The zero-order valence-corrected chi connectivity index (χ0v) is 10.5. The highest BCUT2D eigenvalue weighted by Crippen LogP contribution is 2.37. The SMILES string of the molecule is CCNC(C=C(C)C)C1CCC(F)(F)CC1. The van der Waals surface area contributed by atoms with Crippen LogP contribution in [0.1, 0.15) is 46.5 Å². The van der Waals surface area contributed by atoms with Crippen molar-refractivity contribution in [3.05, 3.63) is 11.6 Å². The standard InChI is InChI=1S/C13H23F2N/c1-4-16-12(9-10(2)3)11-5-7-13(14,15)8-6-11/h9,11-12,16H,4-8H2,1-3H3. The molecule has 0 aromatic rings. The van der Waals surface area contributed by atoms with E-state index in [2.05, 4.69) is 32.2 Å². The second-order valence-corrected chi connectivity index (χ2v) is 5.02. The molecule has 1 saturated carbocycles. The third-order valence-electron chi connectivity index (χ3n) is 3.22. The highest BCUT2D eigenvalue weighted by Gasteiger charge is 2.36. The molecule has 0 spiro atoms. The van der Waals surface area contributed by atoms with E-state index in [1.165, 1.54) is 5.57 Å². The van der Waals surface area contributed by atoms with Crippen LogP contribution in [0.25, 0.3) is 0 Å². The van der Waals surface area contributed by atoms with Gasteiger partial charge in [-0.2, -0.15) is 0 Å². The first-order chi connectivity index (χ1) is 7.44. The van der Waals surface area contributed by atoms with Gasteiger partial charge in [-0.3, -0.25) is 0 Å². The molecule has 1 aliphatic rings. The topological polar surface area (TPSA) is 12.0 Å². The smallest absolute Gasteiger partial charge is 0.248 e. The van der Waals surface area contributed by atoms with Crippen LogP contribution in [-0.2, 0) is 0 Å². The van der Waals surface area contributed by atoms with Crippen molar-refractivity contribution < 1.29 is 8.78 Å². The summed E-state index contributed by atoms with van der Waals surface area (Å²) in [5.74, 6) is -2.05. The molecule has 0 saturated heterocycles. The Morgan fingerprint density at radius 3 is 2.38 bits per heavy atom. The van der Waals surface area contributed by atoms with Crippen molar-refractivity contribution >= 4 is 0 Å². The van der Waals surface area contributed by atoms with Crippen LogP contribution >= 0.6 is 0 Å². The maximum absolute atomic E-state index is 13.1. The molecule has 0 aromatic heterocycles. The summed E-state index contributed by atoms with van der Waals surface area (Å²) in [5, 5.41) is 3.39. The number of likely N-dealkylation sites (N-methyl/N-ethyl adjacent to an activating group) is 1. The van der Waals surface area contributed by atoms with Gasteiger partial charge in [0, 0.05) is 18.9 Å². The van der Waals surface area contributed by atoms with E-state index in [1.54, 1.807) is 0 Å². The van der Waals surface area contributed by atoms with Crippen LogP contribution in [0.4, 0.5) is 8.78 Å². The van der Waals surface area contributed by atoms with Crippen molar-refractivity contribution in [2.75, 3.05) is 6.54 Å². The summed E-state index contributed by atoms with van der Waals surface area (Å²) >= 11 is 0. The predicted octanol–water partition coefficient (Wildman–Crippen LogP) is 3.76. The number of alkyl halides is 2. The van der Waals surface area contributed by atoms with Gasteiger partial charge < -0.3 is 5.32 Å². The van der Waals surface area contributed by atoms with Gasteiger partial charge in [0.25, 0.3) is 0 Å². The Balaban J connectivity index is 2.56. The molecule has 1 aliphatic carbocycles. The van der Waals surface area contributed by atoms with Crippen LogP contribution in [0.5, 0.6) is 0 Å². The van der Waals surface area contributed by atoms with E-state index < -0.39 is 5.92 Å². The summed E-state index contributed by atoms with van der Waals surface area (Å²) in [7, 11) is 0. The van der Waals surface area contributed by atoms with Crippen molar-refractivity contribution in [3.8, 4) is 0 Å². The summed E-state index contributed by atoms with van der Waals surface area (Å²) < 4.78 is 26.1. The molecular formula is C13H23F2N. The highest BCUT2D eigenvalue weighted by molar-refractivity contribution is 5.04. The monoisotopic (exact) mass is 231 g/mol. The van der Waals surface area contributed by atoms with Gasteiger partial charge >= 0.3 is 0 Å². The Kier molecular flexibility index (Phi) is 4.90. The molecule has 94 valence electrons. The Morgan fingerprint density at radius 2 is 1.94 bits per heavy atom. The average Bonchev–Trinajstić information content (AvgIpc) is 2.16. The number of allylic oxidation sites excluding steroid dienone is 1. The van der Waals surface area contributed by atoms with E-state index in [9.17, 15) is 8.78 Å². The van der Waals surface area contributed by atoms with Crippen LogP contribution < -0.4 is 5.32 Å². The highest BCUT2D eigenvalue weighted by atomic mass is 19.3. The Hall–Kier alpha value is -0.440. The van der Waals surface area contributed by atoms with Gasteiger partial charge in [-0.25, -0.2) is 8.78 Å². The zero-order chi connectivity index (χ0) is 12.2. The van der Waals surface area contributed by atoms with E-state index in [4.69, 9.17) is 0 Å². The molecule has 1 atom stereocenters. The fourth-order valence-electron chi connectivity index (χ4n) is 2.38. The Bertz CT molecular complexity index is 234. The van der Waals surface area contributed by atoms with E-state index >= 15 is 0 Å². The number of hydrogen-bond acceptors (Lipinski definition) is 1. The molecule has 1 unspecified atom stereocenters. The fourth-order valence-corrected chi connectivity index (χ4v) is 2.38. The van der Waals surface area contributed by atoms with Crippen molar-refractivity contribution in [2.24, 2.45) is 5.92 Å². The van der Waals surface area contributed by atoms with Crippen LogP contribution in [0.15, 0.2) is 11.6 Å². The molecule has 1 N–H and O–H groups in total. The summed E-state index contributed by atoms with van der Waals surface area (Å²) in [6, 6.07) is 0.270. The molecule has 3 heteroatoms. The predicted molar refractivity (Wildman–Crippen MR) is 63.8 cm³/mol. The molecule has 0 aromatic carbocycles. The lowest BCUT2D eigenvalue weighted by atomic mass is 9.81. The fraction of sp³-hybridized carbons (Fsp3) is 0.846. The number of rotatable bonds is 4. The van der Waals surface area contributed by atoms with Gasteiger partial charge in [0.1, 0.15) is 0 Å². The van der Waals surface area contributed by atoms with E-state index in [0.29, 0.717) is 18.8 Å². The van der Waals surface area contributed by atoms with Gasteiger partial charge in [-0.05, 0) is 39.2 Å². The van der Waals surface area contributed by atoms with Crippen LogP contribution in [0, 0.1) is 5.92 Å². The maximum atomic E-state index is 13.1. The second-order valence-electron chi connectivity index (χ2n) is 5.02.